The van der Waals surface area contributed by atoms with Gasteiger partial charge in [0.1, 0.15) is 0 Å². The van der Waals surface area contributed by atoms with Crippen molar-refractivity contribution in [3.05, 3.63) is 28.8 Å². The molecule has 0 fully saturated rings. The van der Waals surface area contributed by atoms with Crippen LogP contribution >= 0.6 is 11.6 Å². The molecule has 0 radical (unpaired) electrons. The number of halogens is 1. The first-order valence-corrected chi connectivity index (χ1v) is 8.12. The topological polar surface area (TPSA) is 24.5 Å². The second-order valence-corrected chi connectivity index (χ2v) is 6.52. The maximum absolute atomic E-state index is 6.42. The third-order valence-electron chi connectivity index (χ3n) is 3.32. The minimum absolute atomic E-state index is 0.0683. The zero-order chi connectivity index (χ0) is 15.9. The number of likely N-dealkylation sites (N-methyl/N-ethyl adjacent to an activating group) is 1. The van der Waals surface area contributed by atoms with E-state index in [0.717, 1.165) is 43.4 Å². The second-order valence-electron chi connectivity index (χ2n) is 6.12. The van der Waals surface area contributed by atoms with E-state index >= 15 is 0 Å². The summed E-state index contributed by atoms with van der Waals surface area (Å²) < 4.78 is 5.48. The van der Waals surface area contributed by atoms with Crippen molar-refractivity contribution in [3.8, 4) is 0 Å². The van der Waals surface area contributed by atoms with Gasteiger partial charge in [-0.1, -0.05) is 17.7 Å². The Morgan fingerprint density at radius 3 is 2.52 bits per heavy atom. The Labute approximate surface area is 134 Å². The molecule has 21 heavy (non-hydrogen) atoms. The van der Waals surface area contributed by atoms with Crippen molar-refractivity contribution in [1.29, 1.82) is 0 Å². The van der Waals surface area contributed by atoms with Gasteiger partial charge in [-0.15, -0.1) is 0 Å². The predicted octanol–water partition coefficient (Wildman–Crippen LogP) is 4.09. The van der Waals surface area contributed by atoms with E-state index in [1.165, 1.54) is 5.69 Å². The maximum Gasteiger partial charge on any atom is 0.0641 e. The van der Waals surface area contributed by atoms with E-state index < -0.39 is 0 Å². The van der Waals surface area contributed by atoms with Gasteiger partial charge in [-0.2, -0.15) is 0 Å². The third-order valence-corrected chi connectivity index (χ3v) is 3.68. The minimum Gasteiger partial charge on any atom is -0.380 e. The molecule has 1 N–H and O–H groups in total. The van der Waals surface area contributed by atoms with Gasteiger partial charge in [-0.25, -0.2) is 0 Å². The number of nitrogens with one attached hydrogen (secondary N) is 1. The van der Waals surface area contributed by atoms with E-state index in [1.54, 1.807) is 0 Å². The Hall–Kier alpha value is -0.770. The van der Waals surface area contributed by atoms with Gasteiger partial charge in [-0.3, -0.25) is 0 Å². The lowest BCUT2D eigenvalue weighted by Crippen LogP contribution is -2.36. The number of benzene rings is 1. The molecule has 0 heterocycles. The fraction of sp³-hybridized carbons (Fsp3) is 0.647. The summed E-state index contributed by atoms with van der Waals surface area (Å²) in [5, 5.41) is 4.34. The number of ether oxygens (including phenoxy) is 1. The molecule has 4 heteroatoms. The molecule has 0 atom stereocenters. The van der Waals surface area contributed by atoms with Gasteiger partial charge in [0.15, 0.2) is 0 Å². The van der Waals surface area contributed by atoms with Crippen LogP contribution in [0.4, 0.5) is 5.69 Å². The van der Waals surface area contributed by atoms with Crippen molar-refractivity contribution in [1.82, 2.24) is 5.32 Å². The van der Waals surface area contributed by atoms with E-state index in [0.29, 0.717) is 0 Å². The lowest BCUT2D eigenvalue weighted by atomic mass is 10.1. The van der Waals surface area contributed by atoms with Crippen LogP contribution in [0.3, 0.4) is 0 Å². The summed E-state index contributed by atoms with van der Waals surface area (Å²) in [4.78, 5) is 2.32. The Balaban J connectivity index is 2.90. The molecule has 0 saturated heterocycles. The molecule has 0 aliphatic rings. The van der Waals surface area contributed by atoms with Crippen LogP contribution in [0.2, 0.25) is 5.02 Å². The largest absolute Gasteiger partial charge is 0.380 e. The molecule has 0 aliphatic heterocycles. The summed E-state index contributed by atoms with van der Waals surface area (Å²) in [6.07, 6.45) is 0. The smallest absolute Gasteiger partial charge is 0.0641 e. The van der Waals surface area contributed by atoms with Crippen molar-refractivity contribution in [2.75, 3.05) is 31.2 Å². The second kappa shape index (κ2) is 8.62. The number of hydrogen-bond acceptors (Lipinski definition) is 3. The number of rotatable bonds is 8. The van der Waals surface area contributed by atoms with Gasteiger partial charge in [0.25, 0.3) is 0 Å². The average Bonchev–Trinajstić information content (AvgIpc) is 2.41. The molecule has 120 valence electrons. The van der Waals surface area contributed by atoms with Crippen LogP contribution in [-0.4, -0.2) is 31.8 Å². The predicted molar refractivity (Wildman–Crippen MR) is 92.4 cm³/mol. The molecule has 0 bridgehead atoms. The molecule has 0 aliphatic carbocycles. The van der Waals surface area contributed by atoms with Gasteiger partial charge >= 0.3 is 0 Å². The lowest BCUT2D eigenvalue weighted by molar-refractivity contribution is 0.154. The molecule has 3 nitrogen and oxygen atoms in total. The number of anilines is 1. The summed E-state index contributed by atoms with van der Waals surface area (Å²) in [5.74, 6) is 0. The number of nitrogens with zero attached hydrogens (tertiary/aromatic N) is 1. The average molecular weight is 313 g/mol. The highest BCUT2D eigenvalue weighted by atomic mass is 35.5. The summed E-state index contributed by atoms with van der Waals surface area (Å²) in [6.45, 7) is 14.8. The molecule has 0 amide bonds. The fourth-order valence-corrected chi connectivity index (χ4v) is 2.38. The summed E-state index contributed by atoms with van der Waals surface area (Å²) in [5.41, 5.74) is 2.42. The zero-order valence-corrected chi connectivity index (χ0v) is 14.8. The van der Waals surface area contributed by atoms with Gasteiger partial charge in [0, 0.05) is 48.1 Å². The normalized spacial score (nSPS) is 11.7. The van der Waals surface area contributed by atoms with Gasteiger partial charge in [0.05, 0.1) is 6.61 Å². The van der Waals surface area contributed by atoms with Crippen LogP contribution in [0.5, 0.6) is 0 Å². The summed E-state index contributed by atoms with van der Waals surface area (Å²) in [6, 6.07) is 6.11. The van der Waals surface area contributed by atoms with Gasteiger partial charge < -0.3 is 15.0 Å². The molecule has 1 aromatic carbocycles. The van der Waals surface area contributed by atoms with Crippen molar-refractivity contribution < 1.29 is 4.74 Å². The lowest BCUT2D eigenvalue weighted by Gasteiger charge is -2.28. The first-order chi connectivity index (χ1) is 9.89. The Bertz CT molecular complexity index is 429. The highest BCUT2D eigenvalue weighted by Crippen LogP contribution is 2.28. The zero-order valence-electron chi connectivity index (χ0n) is 14.0. The van der Waals surface area contributed by atoms with E-state index in [2.05, 4.69) is 44.0 Å². The van der Waals surface area contributed by atoms with Gasteiger partial charge in [0.2, 0.25) is 0 Å². The first-order valence-electron chi connectivity index (χ1n) is 7.74. The molecule has 0 saturated carbocycles. The molecule has 0 spiro atoms. The van der Waals surface area contributed by atoms with Crippen molar-refractivity contribution in [2.45, 2.75) is 46.7 Å². The van der Waals surface area contributed by atoms with Crippen molar-refractivity contribution in [3.63, 3.8) is 0 Å². The summed E-state index contributed by atoms with van der Waals surface area (Å²) in [7, 11) is 0. The monoisotopic (exact) mass is 312 g/mol. The fourth-order valence-electron chi connectivity index (χ4n) is 2.14. The first kappa shape index (κ1) is 18.3. The van der Waals surface area contributed by atoms with Crippen LogP contribution < -0.4 is 10.2 Å². The molecule has 1 aromatic rings. The molecular formula is C17H29ClN2O. The van der Waals surface area contributed by atoms with E-state index in [9.17, 15) is 0 Å². The minimum atomic E-state index is 0.0683. The number of hydrogen-bond donors (Lipinski definition) is 1. The Morgan fingerprint density at radius 2 is 1.95 bits per heavy atom. The van der Waals surface area contributed by atoms with Crippen LogP contribution in [0.1, 0.15) is 40.2 Å². The molecule has 1 rings (SSSR count). The van der Waals surface area contributed by atoms with Crippen LogP contribution in [0.15, 0.2) is 18.2 Å². The van der Waals surface area contributed by atoms with Crippen LogP contribution in [0.25, 0.3) is 0 Å². The maximum atomic E-state index is 6.42. The molecule has 0 aromatic heterocycles. The Kier molecular flexibility index (Phi) is 7.50. The van der Waals surface area contributed by atoms with E-state index in [-0.39, 0.29) is 5.54 Å². The SMILES string of the molecule is CCOCCN(CC)c1cccc(Cl)c1CNC(C)(C)C. The van der Waals surface area contributed by atoms with Crippen molar-refractivity contribution >= 4 is 17.3 Å². The standard InChI is InChI=1S/C17H29ClN2O/c1-6-20(11-12-21-7-2)16-10-8-9-15(18)14(16)13-19-17(3,4)5/h8-10,19H,6-7,11-13H2,1-5H3. The molecular weight excluding hydrogens is 284 g/mol. The van der Waals surface area contributed by atoms with Gasteiger partial charge in [-0.05, 0) is 46.8 Å². The quantitative estimate of drug-likeness (QED) is 0.732. The van der Waals surface area contributed by atoms with E-state index in [1.807, 2.05) is 19.1 Å². The molecule has 0 unspecified atom stereocenters. The Morgan fingerprint density at radius 1 is 1.24 bits per heavy atom. The van der Waals surface area contributed by atoms with Crippen LogP contribution in [0, 0.1) is 0 Å². The highest BCUT2D eigenvalue weighted by Gasteiger charge is 2.15. The third kappa shape index (κ3) is 6.25. The van der Waals surface area contributed by atoms with Crippen molar-refractivity contribution in [2.24, 2.45) is 0 Å². The van der Waals surface area contributed by atoms with Crippen LogP contribution in [-0.2, 0) is 11.3 Å². The van der Waals surface area contributed by atoms with E-state index in [4.69, 9.17) is 16.3 Å². The highest BCUT2D eigenvalue weighted by molar-refractivity contribution is 6.31. The summed E-state index contributed by atoms with van der Waals surface area (Å²) >= 11 is 6.42.